The molecule has 0 radical (unpaired) electrons. The van der Waals surface area contributed by atoms with Crippen molar-refractivity contribution in [3.05, 3.63) is 36.4 Å². The van der Waals surface area contributed by atoms with E-state index in [1.165, 1.54) is 0 Å². The molecule has 0 bridgehead atoms. The minimum absolute atomic E-state index is 0.196. The van der Waals surface area contributed by atoms with Gasteiger partial charge in [-0.1, -0.05) is 13.0 Å². The smallest absolute Gasteiger partial charge is 0.330 e. The van der Waals surface area contributed by atoms with Gasteiger partial charge in [0.15, 0.2) is 0 Å². The molecule has 0 aliphatic carbocycles. The molecular formula is C19H21N3O5. The van der Waals surface area contributed by atoms with E-state index in [-0.39, 0.29) is 17.6 Å². The second-order valence-corrected chi connectivity index (χ2v) is 6.24. The SMILES string of the molecule is CC[C@@]1(C)NC(=O)N(c2cccc(Oc3cc(OC)cc(OC)c3)n2)C1=O. The number of rotatable bonds is 6. The third-order valence-electron chi connectivity index (χ3n) is 4.45. The lowest BCUT2D eigenvalue weighted by Gasteiger charge is -2.19. The van der Waals surface area contributed by atoms with Gasteiger partial charge in [-0.15, -0.1) is 0 Å². The Bertz CT molecular complexity index is 863. The van der Waals surface area contributed by atoms with Gasteiger partial charge in [0.25, 0.3) is 5.91 Å². The van der Waals surface area contributed by atoms with Crippen molar-refractivity contribution in [3.8, 4) is 23.1 Å². The van der Waals surface area contributed by atoms with Crippen LogP contribution in [0.2, 0.25) is 0 Å². The zero-order chi connectivity index (χ0) is 19.6. The van der Waals surface area contributed by atoms with Crippen LogP contribution in [0.1, 0.15) is 20.3 Å². The van der Waals surface area contributed by atoms with Crippen LogP contribution in [-0.4, -0.2) is 36.7 Å². The highest BCUT2D eigenvalue weighted by Gasteiger charge is 2.47. The summed E-state index contributed by atoms with van der Waals surface area (Å²) >= 11 is 0. The molecule has 3 rings (SSSR count). The van der Waals surface area contributed by atoms with Gasteiger partial charge in [0.2, 0.25) is 5.88 Å². The fourth-order valence-corrected chi connectivity index (χ4v) is 2.68. The molecule has 3 amide bonds. The maximum absolute atomic E-state index is 12.6. The summed E-state index contributed by atoms with van der Waals surface area (Å²) in [5.74, 6) is 1.66. The van der Waals surface area contributed by atoms with Crippen LogP contribution in [-0.2, 0) is 4.79 Å². The predicted molar refractivity (Wildman–Crippen MR) is 98.6 cm³/mol. The van der Waals surface area contributed by atoms with E-state index in [4.69, 9.17) is 14.2 Å². The van der Waals surface area contributed by atoms with Gasteiger partial charge in [-0.3, -0.25) is 4.79 Å². The van der Waals surface area contributed by atoms with E-state index in [0.717, 1.165) is 4.90 Å². The van der Waals surface area contributed by atoms with Crippen molar-refractivity contribution in [2.45, 2.75) is 25.8 Å². The van der Waals surface area contributed by atoms with E-state index in [2.05, 4.69) is 10.3 Å². The molecule has 1 aromatic heterocycles. The third-order valence-corrected chi connectivity index (χ3v) is 4.45. The molecule has 27 heavy (non-hydrogen) atoms. The number of ether oxygens (including phenoxy) is 3. The maximum Gasteiger partial charge on any atom is 0.330 e. The Morgan fingerprint density at radius 2 is 1.70 bits per heavy atom. The van der Waals surface area contributed by atoms with E-state index in [1.54, 1.807) is 57.5 Å². The van der Waals surface area contributed by atoms with Gasteiger partial charge < -0.3 is 19.5 Å². The number of pyridine rings is 1. The maximum atomic E-state index is 12.6. The number of urea groups is 1. The van der Waals surface area contributed by atoms with Gasteiger partial charge in [0, 0.05) is 24.3 Å². The second-order valence-electron chi connectivity index (χ2n) is 6.24. The summed E-state index contributed by atoms with van der Waals surface area (Å²) in [5, 5.41) is 2.70. The number of amides is 3. The van der Waals surface area contributed by atoms with Gasteiger partial charge >= 0.3 is 6.03 Å². The first kappa shape index (κ1) is 18.5. The highest BCUT2D eigenvalue weighted by molar-refractivity contribution is 6.22. The van der Waals surface area contributed by atoms with Crippen molar-refractivity contribution in [1.29, 1.82) is 0 Å². The van der Waals surface area contributed by atoms with E-state index in [9.17, 15) is 9.59 Å². The van der Waals surface area contributed by atoms with Crippen LogP contribution in [0.25, 0.3) is 0 Å². The Kier molecular flexibility index (Phi) is 4.89. The van der Waals surface area contributed by atoms with Gasteiger partial charge in [-0.05, 0) is 19.4 Å². The van der Waals surface area contributed by atoms with E-state index in [0.29, 0.717) is 23.7 Å². The highest BCUT2D eigenvalue weighted by Crippen LogP contribution is 2.32. The van der Waals surface area contributed by atoms with Crippen molar-refractivity contribution >= 4 is 17.8 Å². The summed E-state index contributed by atoms with van der Waals surface area (Å²) in [6.07, 6.45) is 0.480. The fourth-order valence-electron chi connectivity index (χ4n) is 2.68. The van der Waals surface area contributed by atoms with E-state index in [1.807, 2.05) is 6.92 Å². The van der Waals surface area contributed by atoms with Gasteiger partial charge in [0.1, 0.15) is 28.6 Å². The summed E-state index contributed by atoms with van der Waals surface area (Å²) in [7, 11) is 3.08. The molecular weight excluding hydrogens is 350 g/mol. The molecule has 142 valence electrons. The lowest BCUT2D eigenvalue weighted by atomic mass is 9.99. The molecule has 1 aromatic carbocycles. The molecule has 1 atom stereocenters. The molecule has 2 aromatic rings. The lowest BCUT2D eigenvalue weighted by molar-refractivity contribution is -0.121. The van der Waals surface area contributed by atoms with Crippen LogP contribution in [0.4, 0.5) is 10.6 Å². The number of anilines is 1. The predicted octanol–water partition coefficient (Wildman–Crippen LogP) is 3.12. The summed E-state index contributed by atoms with van der Waals surface area (Å²) < 4.78 is 16.2. The number of carbonyl (C=O) groups excluding carboxylic acids is 2. The Morgan fingerprint density at radius 3 is 2.26 bits per heavy atom. The average molecular weight is 371 g/mol. The topological polar surface area (TPSA) is 90.0 Å². The zero-order valence-electron chi connectivity index (χ0n) is 15.6. The Morgan fingerprint density at radius 1 is 1.07 bits per heavy atom. The molecule has 2 heterocycles. The van der Waals surface area contributed by atoms with E-state index < -0.39 is 11.6 Å². The molecule has 1 fully saturated rings. The zero-order valence-corrected chi connectivity index (χ0v) is 15.6. The summed E-state index contributed by atoms with van der Waals surface area (Å²) in [4.78, 5) is 30.2. The average Bonchev–Trinajstić information content (AvgIpc) is 2.90. The summed E-state index contributed by atoms with van der Waals surface area (Å²) in [5.41, 5.74) is -0.935. The number of nitrogens with zero attached hydrogens (tertiary/aromatic N) is 2. The molecule has 0 saturated carbocycles. The largest absolute Gasteiger partial charge is 0.496 e. The number of methoxy groups -OCH3 is 2. The van der Waals surface area contributed by atoms with Crippen LogP contribution in [0, 0.1) is 0 Å². The van der Waals surface area contributed by atoms with Crippen LogP contribution < -0.4 is 24.4 Å². The highest BCUT2D eigenvalue weighted by atomic mass is 16.5. The monoisotopic (exact) mass is 371 g/mol. The van der Waals surface area contributed by atoms with Crippen molar-refractivity contribution in [2.24, 2.45) is 0 Å². The van der Waals surface area contributed by atoms with Gasteiger partial charge in [-0.2, -0.15) is 4.98 Å². The Hall–Kier alpha value is -3.29. The number of hydrogen-bond donors (Lipinski definition) is 1. The number of hydrogen-bond acceptors (Lipinski definition) is 6. The number of carbonyl (C=O) groups is 2. The number of benzene rings is 1. The molecule has 8 nitrogen and oxygen atoms in total. The molecule has 1 aliphatic rings. The van der Waals surface area contributed by atoms with E-state index >= 15 is 0 Å². The third kappa shape index (κ3) is 3.51. The van der Waals surface area contributed by atoms with Crippen molar-refractivity contribution in [2.75, 3.05) is 19.1 Å². The Labute approximate surface area is 157 Å². The molecule has 0 unspecified atom stereocenters. The van der Waals surface area contributed by atoms with Crippen LogP contribution in [0.3, 0.4) is 0 Å². The molecule has 1 aliphatic heterocycles. The quantitative estimate of drug-likeness (QED) is 0.785. The number of nitrogens with one attached hydrogen (secondary N) is 1. The standard InChI is InChI=1S/C19H21N3O5/c1-5-19(2)17(23)22(18(24)21-19)15-7-6-8-16(20-15)27-14-10-12(25-3)9-13(11-14)26-4/h6-11H,5H2,1-4H3,(H,21,24)/t19-/m1/s1. The van der Waals surface area contributed by atoms with Crippen molar-refractivity contribution < 1.29 is 23.8 Å². The number of aromatic nitrogens is 1. The Balaban J connectivity index is 1.89. The minimum Gasteiger partial charge on any atom is -0.496 e. The first-order chi connectivity index (χ1) is 12.9. The first-order valence-electron chi connectivity index (χ1n) is 8.45. The molecule has 1 saturated heterocycles. The second kappa shape index (κ2) is 7.14. The van der Waals surface area contributed by atoms with Crippen molar-refractivity contribution in [1.82, 2.24) is 10.3 Å². The van der Waals surface area contributed by atoms with Crippen LogP contribution in [0.5, 0.6) is 23.1 Å². The minimum atomic E-state index is -0.935. The molecule has 1 N–H and O–H groups in total. The summed E-state index contributed by atoms with van der Waals surface area (Å²) in [6.45, 7) is 3.53. The van der Waals surface area contributed by atoms with Gasteiger partial charge in [0.05, 0.1) is 14.2 Å². The lowest BCUT2D eigenvalue weighted by Crippen LogP contribution is -2.43. The van der Waals surface area contributed by atoms with Gasteiger partial charge in [-0.25, -0.2) is 9.69 Å². The summed E-state index contributed by atoms with van der Waals surface area (Å²) in [6, 6.07) is 9.45. The fraction of sp³-hybridized carbons (Fsp3) is 0.316. The molecule has 8 heteroatoms. The first-order valence-corrected chi connectivity index (χ1v) is 8.45. The van der Waals surface area contributed by atoms with Crippen LogP contribution >= 0.6 is 0 Å². The van der Waals surface area contributed by atoms with Crippen molar-refractivity contribution in [3.63, 3.8) is 0 Å². The van der Waals surface area contributed by atoms with Crippen LogP contribution in [0.15, 0.2) is 36.4 Å². The normalized spacial score (nSPS) is 19.0. The number of imide groups is 1. The molecule has 0 spiro atoms.